The van der Waals surface area contributed by atoms with Gasteiger partial charge in [-0.25, -0.2) is 0 Å². The number of hydrogen-bond acceptors (Lipinski definition) is 4. The number of nitrogens with two attached hydrogens (primary N) is 1. The molecule has 0 aromatic rings. The molecule has 0 aliphatic carbocycles. The highest BCUT2D eigenvalue weighted by Gasteiger charge is 2.33. The number of hydrogen-bond donors (Lipinski definition) is 4. The Morgan fingerprint density at radius 3 is 1.73 bits per heavy atom. The summed E-state index contributed by atoms with van der Waals surface area (Å²) in [6, 6.07) is 0. The highest BCUT2D eigenvalue weighted by Crippen LogP contribution is 2.25. The van der Waals surface area contributed by atoms with Crippen LogP contribution in [0.1, 0.15) is 90.4 Å². The first-order valence-electron chi connectivity index (χ1n) is 9.32. The lowest BCUT2D eigenvalue weighted by Gasteiger charge is -2.32. The van der Waals surface area contributed by atoms with Gasteiger partial charge in [-0.3, -0.25) is 0 Å². The monoisotopic (exact) mass is 317 g/mol. The molecule has 2 unspecified atom stereocenters. The second-order valence-electron chi connectivity index (χ2n) is 6.63. The molecule has 0 heterocycles. The van der Waals surface area contributed by atoms with Crippen molar-refractivity contribution in [3.63, 3.8) is 0 Å². The van der Waals surface area contributed by atoms with E-state index in [-0.39, 0.29) is 0 Å². The lowest BCUT2D eigenvalue weighted by Crippen LogP contribution is -2.44. The lowest BCUT2D eigenvalue weighted by molar-refractivity contribution is -0.105. The van der Waals surface area contributed by atoms with Crippen molar-refractivity contribution in [2.24, 2.45) is 5.73 Å². The van der Waals surface area contributed by atoms with Crippen molar-refractivity contribution >= 4 is 0 Å². The zero-order valence-corrected chi connectivity index (χ0v) is 14.6. The first-order valence-corrected chi connectivity index (χ1v) is 9.32. The summed E-state index contributed by atoms with van der Waals surface area (Å²) < 4.78 is 0. The normalized spacial score (nSPS) is 15.7. The summed E-state index contributed by atoms with van der Waals surface area (Å²) >= 11 is 0. The summed E-state index contributed by atoms with van der Waals surface area (Å²) in [4.78, 5) is 0. The maximum absolute atomic E-state index is 10.5. The molecule has 4 heteroatoms. The van der Waals surface area contributed by atoms with E-state index < -0.39 is 18.3 Å². The van der Waals surface area contributed by atoms with E-state index in [9.17, 15) is 10.2 Å². The van der Waals surface area contributed by atoms with E-state index >= 15 is 0 Å². The molecule has 0 spiro atoms. The first-order chi connectivity index (χ1) is 10.6. The van der Waals surface area contributed by atoms with Gasteiger partial charge in [0.1, 0.15) is 6.10 Å². The van der Waals surface area contributed by atoms with Gasteiger partial charge in [-0.1, -0.05) is 71.1 Å². The van der Waals surface area contributed by atoms with Gasteiger partial charge in [0.05, 0.1) is 12.2 Å². The Morgan fingerprint density at radius 2 is 1.27 bits per heavy atom. The smallest absolute Gasteiger partial charge is 0.106 e. The van der Waals surface area contributed by atoms with E-state index in [1.165, 1.54) is 51.4 Å². The minimum Gasteiger partial charge on any atom is -0.394 e. The van der Waals surface area contributed by atoms with Gasteiger partial charge in [0.25, 0.3) is 0 Å². The average molecular weight is 318 g/mol. The molecular weight excluding hydrogens is 278 g/mol. The van der Waals surface area contributed by atoms with Crippen molar-refractivity contribution in [2.45, 2.75) is 102 Å². The molecule has 2 atom stereocenters. The van der Waals surface area contributed by atoms with Crippen molar-refractivity contribution in [1.29, 1.82) is 0 Å². The molecule has 0 saturated carbocycles. The minimum atomic E-state index is -1.17. The number of unbranched alkanes of at least 4 members (excludes halogenated alkanes) is 9. The molecule has 0 saturated heterocycles. The maximum atomic E-state index is 10.5. The summed E-state index contributed by atoms with van der Waals surface area (Å²) in [5, 5.41) is 29.4. The van der Waals surface area contributed by atoms with Crippen molar-refractivity contribution < 1.29 is 15.3 Å². The van der Waals surface area contributed by atoms with E-state index in [2.05, 4.69) is 6.92 Å². The molecule has 0 aromatic carbocycles. The predicted molar refractivity (Wildman–Crippen MR) is 92.8 cm³/mol. The minimum absolute atomic E-state index is 0.390. The quantitative estimate of drug-likeness (QED) is 0.329. The standard InChI is InChI=1S/C18H39NO3/c1-2-3-4-5-6-7-8-9-10-11-13-18(22,14-12-15-19)17(21)16-20/h17,20-22H,2-16,19H2,1H3. The first kappa shape index (κ1) is 21.8. The van der Waals surface area contributed by atoms with E-state index in [0.29, 0.717) is 25.8 Å². The van der Waals surface area contributed by atoms with Crippen molar-refractivity contribution in [2.75, 3.05) is 13.2 Å². The van der Waals surface area contributed by atoms with Crippen LogP contribution in [0.5, 0.6) is 0 Å². The predicted octanol–water partition coefficient (Wildman–Crippen LogP) is 3.12. The van der Waals surface area contributed by atoms with E-state index in [0.717, 1.165) is 12.8 Å². The van der Waals surface area contributed by atoms with E-state index in [4.69, 9.17) is 10.8 Å². The maximum Gasteiger partial charge on any atom is 0.106 e. The van der Waals surface area contributed by atoms with Crippen LogP contribution in [0.3, 0.4) is 0 Å². The topological polar surface area (TPSA) is 86.7 Å². The van der Waals surface area contributed by atoms with E-state index in [1.54, 1.807) is 0 Å². The lowest BCUT2D eigenvalue weighted by atomic mass is 9.86. The van der Waals surface area contributed by atoms with Crippen LogP contribution in [0.15, 0.2) is 0 Å². The molecule has 0 fully saturated rings. The van der Waals surface area contributed by atoms with Crippen LogP contribution in [0, 0.1) is 0 Å². The van der Waals surface area contributed by atoms with Crippen LogP contribution in [0.2, 0.25) is 0 Å². The van der Waals surface area contributed by atoms with Crippen LogP contribution < -0.4 is 5.73 Å². The SMILES string of the molecule is CCCCCCCCCCCCC(O)(CCCN)C(O)CO. The van der Waals surface area contributed by atoms with Gasteiger partial charge in [0, 0.05) is 0 Å². The number of aliphatic hydroxyl groups excluding tert-OH is 2. The van der Waals surface area contributed by atoms with Crippen molar-refractivity contribution in [3.8, 4) is 0 Å². The highest BCUT2D eigenvalue weighted by molar-refractivity contribution is 4.86. The Morgan fingerprint density at radius 1 is 0.818 bits per heavy atom. The highest BCUT2D eigenvalue weighted by atomic mass is 16.4. The Balaban J connectivity index is 3.67. The van der Waals surface area contributed by atoms with Crippen molar-refractivity contribution in [3.05, 3.63) is 0 Å². The van der Waals surface area contributed by atoms with Gasteiger partial charge < -0.3 is 21.1 Å². The van der Waals surface area contributed by atoms with Crippen LogP contribution in [-0.2, 0) is 0 Å². The summed E-state index contributed by atoms with van der Waals surface area (Å²) in [5.41, 5.74) is 4.30. The van der Waals surface area contributed by atoms with Crippen LogP contribution in [0.25, 0.3) is 0 Å². The van der Waals surface area contributed by atoms with Gasteiger partial charge in [0.2, 0.25) is 0 Å². The van der Waals surface area contributed by atoms with Crippen LogP contribution in [0.4, 0.5) is 0 Å². The fraction of sp³-hybridized carbons (Fsp3) is 1.00. The summed E-state index contributed by atoms with van der Waals surface area (Å²) in [7, 11) is 0. The molecule has 0 aliphatic rings. The molecule has 22 heavy (non-hydrogen) atoms. The fourth-order valence-electron chi connectivity index (χ4n) is 2.95. The molecule has 0 amide bonds. The summed E-state index contributed by atoms with van der Waals surface area (Å²) in [5.74, 6) is 0. The number of rotatable bonds is 16. The number of aliphatic hydroxyl groups is 3. The second kappa shape index (κ2) is 14.4. The van der Waals surface area contributed by atoms with Gasteiger partial charge in [-0.05, 0) is 25.8 Å². The molecule has 134 valence electrons. The Hall–Kier alpha value is -0.160. The molecule has 0 aromatic heterocycles. The third-order valence-electron chi connectivity index (χ3n) is 4.57. The fourth-order valence-corrected chi connectivity index (χ4v) is 2.95. The van der Waals surface area contributed by atoms with Crippen LogP contribution in [-0.4, -0.2) is 40.2 Å². The Kier molecular flexibility index (Phi) is 14.3. The zero-order valence-electron chi connectivity index (χ0n) is 14.6. The second-order valence-corrected chi connectivity index (χ2v) is 6.63. The molecule has 5 N–H and O–H groups in total. The molecule has 0 rings (SSSR count). The third kappa shape index (κ3) is 10.5. The average Bonchev–Trinajstić information content (AvgIpc) is 2.53. The Bertz CT molecular complexity index is 238. The molecule has 0 bridgehead atoms. The summed E-state index contributed by atoms with van der Waals surface area (Å²) in [6.07, 6.45) is 13.1. The van der Waals surface area contributed by atoms with Gasteiger partial charge >= 0.3 is 0 Å². The summed E-state index contributed by atoms with van der Waals surface area (Å²) in [6.45, 7) is 2.35. The zero-order chi connectivity index (χ0) is 16.7. The van der Waals surface area contributed by atoms with Gasteiger partial charge in [-0.15, -0.1) is 0 Å². The third-order valence-corrected chi connectivity index (χ3v) is 4.57. The Labute approximate surface area is 137 Å². The van der Waals surface area contributed by atoms with Crippen molar-refractivity contribution in [1.82, 2.24) is 0 Å². The molecule has 0 aliphatic heterocycles. The van der Waals surface area contributed by atoms with Gasteiger partial charge in [-0.2, -0.15) is 0 Å². The molecule has 0 radical (unpaired) electrons. The van der Waals surface area contributed by atoms with Gasteiger partial charge in [0.15, 0.2) is 0 Å². The van der Waals surface area contributed by atoms with E-state index in [1.807, 2.05) is 0 Å². The van der Waals surface area contributed by atoms with Crippen LogP contribution >= 0.6 is 0 Å². The molecular formula is C18H39NO3. The largest absolute Gasteiger partial charge is 0.394 e. The molecule has 4 nitrogen and oxygen atoms in total.